The van der Waals surface area contributed by atoms with Crippen LogP contribution in [0.3, 0.4) is 0 Å². The molecule has 3 aromatic carbocycles. The van der Waals surface area contributed by atoms with Crippen molar-refractivity contribution in [1.82, 2.24) is 4.31 Å². The number of ether oxygens (including phenoxy) is 2. The quantitative estimate of drug-likeness (QED) is 0.595. The molecule has 0 spiro atoms. The Morgan fingerprint density at radius 2 is 1.58 bits per heavy atom. The van der Waals surface area contributed by atoms with Crippen molar-refractivity contribution in [2.24, 2.45) is 0 Å². The number of rotatable bonds is 6. The van der Waals surface area contributed by atoms with Crippen molar-refractivity contribution in [3.8, 4) is 11.5 Å². The zero-order chi connectivity index (χ0) is 23.6. The number of hydrogen-bond donors (Lipinski definition) is 1. The Kier molecular flexibility index (Phi) is 6.35. The molecule has 1 atom stereocenters. The molecule has 0 radical (unpaired) electrons. The Hall–Kier alpha value is -3.43. The van der Waals surface area contributed by atoms with Crippen LogP contribution in [0, 0.1) is 5.82 Å². The van der Waals surface area contributed by atoms with Gasteiger partial charge in [0.15, 0.2) is 0 Å². The van der Waals surface area contributed by atoms with Crippen LogP contribution in [0.1, 0.15) is 11.1 Å². The van der Waals surface area contributed by atoms with Crippen molar-refractivity contribution in [2.45, 2.75) is 23.9 Å². The molecule has 0 saturated carbocycles. The predicted octanol–water partition coefficient (Wildman–Crippen LogP) is 3.60. The number of hydrogen-bond acceptors (Lipinski definition) is 5. The molecule has 0 aromatic heterocycles. The van der Waals surface area contributed by atoms with Gasteiger partial charge < -0.3 is 14.8 Å². The second kappa shape index (κ2) is 9.21. The second-order valence-corrected chi connectivity index (χ2v) is 9.47. The lowest BCUT2D eigenvalue weighted by Crippen LogP contribution is -2.50. The number of amides is 1. The summed E-state index contributed by atoms with van der Waals surface area (Å²) < 4.78 is 52.0. The van der Waals surface area contributed by atoms with Gasteiger partial charge in [0.05, 0.1) is 19.1 Å². The Morgan fingerprint density at radius 1 is 0.970 bits per heavy atom. The fourth-order valence-corrected chi connectivity index (χ4v) is 5.39. The summed E-state index contributed by atoms with van der Waals surface area (Å²) in [6.45, 7) is 0.0232. The molecule has 3 aromatic rings. The number of carbonyl (C=O) groups excluding carboxylic acids is 1. The molecule has 9 heteroatoms. The summed E-state index contributed by atoms with van der Waals surface area (Å²) >= 11 is 0. The van der Waals surface area contributed by atoms with Gasteiger partial charge in [-0.05, 0) is 41.8 Å². The molecule has 4 rings (SSSR count). The van der Waals surface area contributed by atoms with Gasteiger partial charge >= 0.3 is 0 Å². The molecular weight excluding hydrogens is 447 g/mol. The predicted molar refractivity (Wildman–Crippen MR) is 121 cm³/mol. The third kappa shape index (κ3) is 4.69. The highest BCUT2D eigenvalue weighted by atomic mass is 32.2. The lowest BCUT2D eigenvalue weighted by molar-refractivity contribution is -0.120. The minimum Gasteiger partial charge on any atom is -0.497 e. The van der Waals surface area contributed by atoms with Crippen molar-refractivity contribution in [3.05, 3.63) is 83.7 Å². The number of anilines is 1. The number of sulfonamides is 1. The molecule has 0 fully saturated rings. The highest BCUT2D eigenvalue weighted by molar-refractivity contribution is 7.89. The van der Waals surface area contributed by atoms with E-state index in [1.165, 1.54) is 26.4 Å². The highest BCUT2D eigenvalue weighted by Crippen LogP contribution is 2.31. The molecule has 1 amide bonds. The van der Waals surface area contributed by atoms with Gasteiger partial charge in [-0.3, -0.25) is 4.79 Å². The molecule has 1 heterocycles. The minimum atomic E-state index is -4.08. The summed E-state index contributed by atoms with van der Waals surface area (Å²) in [5, 5.41) is 2.79. The van der Waals surface area contributed by atoms with Crippen LogP contribution >= 0.6 is 0 Å². The van der Waals surface area contributed by atoms with E-state index in [-0.39, 0.29) is 17.9 Å². The molecule has 7 nitrogen and oxygen atoms in total. The molecule has 172 valence electrons. The van der Waals surface area contributed by atoms with Gasteiger partial charge in [0.25, 0.3) is 0 Å². The van der Waals surface area contributed by atoms with E-state index >= 15 is 0 Å². The van der Waals surface area contributed by atoms with Crippen molar-refractivity contribution in [3.63, 3.8) is 0 Å². The van der Waals surface area contributed by atoms with E-state index in [2.05, 4.69) is 5.32 Å². The zero-order valence-corrected chi connectivity index (χ0v) is 18.9. The van der Waals surface area contributed by atoms with E-state index in [1.54, 1.807) is 18.2 Å². The lowest BCUT2D eigenvalue weighted by atomic mass is 9.95. The van der Waals surface area contributed by atoms with Gasteiger partial charge in [0.2, 0.25) is 15.9 Å². The van der Waals surface area contributed by atoms with Crippen molar-refractivity contribution in [2.75, 3.05) is 19.5 Å². The molecule has 1 N–H and O–H groups in total. The van der Waals surface area contributed by atoms with Gasteiger partial charge in [-0.2, -0.15) is 4.31 Å². The summed E-state index contributed by atoms with van der Waals surface area (Å²) in [6, 6.07) is 15.9. The van der Waals surface area contributed by atoms with Crippen molar-refractivity contribution < 1.29 is 27.1 Å². The van der Waals surface area contributed by atoms with E-state index in [0.29, 0.717) is 17.2 Å². The first-order valence-electron chi connectivity index (χ1n) is 10.2. The molecule has 1 aliphatic rings. The molecule has 0 saturated heterocycles. The van der Waals surface area contributed by atoms with Crippen LogP contribution in [0.15, 0.2) is 71.6 Å². The Bertz CT molecular complexity index is 1260. The van der Waals surface area contributed by atoms with Crippen LogP contribution in [0.5, 0.6) is 11.5 Å². The first-order valence-corrected chi connectivity index (χ1v) is 11.6. The molecule has 0 bridgehead atoms. The Labute approximate surface area is 191 Å². The third-order valence-corrected chi connectivity index (χ3v) is 7.42. The smallest absolute Gasteiger partial charge is 0.244 e. The summed E-state index contributed by atoms with van der Waals surface area (Å²) in [6.07, 6.45) is 0.198. The molecule has 33 heavy (non-hydrogen) atoms. The summed E-state index contributed by atoms with van der Waals surface area (Å²) in [4.78, 5) is 13.3. The number of halogens is 1. The van der Waals surface area contributed by atoms with E-state index < -0.39 is 27.8 Å². The van der Waals surface area contributed by atoms with Crippen molar-refractivity contribution >= 4 is 21.6 Å². The Balaban J connectivity index is 1.71. The topological polar surface area (TPSA) is 84.9 Å². The van der Waals surface area contributed by atoms with Crippen LogP contribution in [0.25, 0.3) is 0 Å². The number of nitrogens with zero attached hydrogens (tertiary/aromatic N) is 1. The van der Waals surface area contributed by atoms with E-state index in [4.69, 9.17) is 9.47 Å². The van der Waals surface area contributed by atoms with Gasteiger partial charge in [0.1, 0.15) is 23.4 Å². The third-order valence-electron chi connectivity index (χ3n) is 5.55. The van der Waals surface area contributed by atoms with Gasteiger partial charge in [-0.15, -0.1) is 0 Å². The zero-order valence-electron chi connectivity index (χ0n) is 18.1. The van der Waals surface area contributed by atoms with Gasteiger partial charge in [-0.25, -0.2) is 12.8 Å². The standard InChI is InChI=1S/C24H23FN2O5S/c1-31-20-12-19(13-21(14-20)32-2)26-24(28)23-11-16-5-3-4-6-17(16)15-27(23)33(29,30)22-9-7-18(25)8-10-22/h3-10,12-14,23H,11,15H2,1-2H3,(H,26,28)/t23-/m1/s1. The van der Waals surface area contributed by atoms with Crippen molar-refractivity contribution in [1.29, 1.82) is 0 Å². The minimum absolute atomic E-state index is 0.0232. The molecule has 0 unspecified atom stereocenters. The maximum Gasteiger partial charge on any atom is 0.244 e. The van der Waals surface area contributed by atoms with E-state index in [1.807, 2.05) is 24.3 Å². The largest absolute Gasteiger partial charge is 0.497 e. The number of methoxy groups -OCH3 is 2. The van der Waals surface area contributed by atoms with E-state index in [0.717, 1.165) is 27.6 Å². The van der Waals surface area contributed by atoms with Gasteiger partial charge in [0, 0.05) is 30.4 Å². The molecule has 1 aliphatic heterocycles. The number of benzene rings is 3. The summed E-state index contributed by atoms with van der Waals surface area (Å²) in [5.41, 5.74) is 2.12. The van der Waals surface area contributed by atoms with Crippen LogP contribution in [-0.2, 0) is 27.8 Å². The molecular formula is C24H23FN2O5S. The van der Waals surface area contributed by atoms with Crippen LogP contribution in [0.2, 0.25) is 0 Å². The fourth-order valence-electron chi connectivity index (χ4n) is 3.82. The van der Waals surface area contributed by atoms with Crippen LogP contribution < -0.4 is 14.8 Å². The monoisotopic (exact) mass is 470 g/mol. The molecule has 0 aliphatic carbocycles. The fraction of sp³-hybridized carbons (Fsp3) is 0.208. The maximum atomic E-state index is 13.5. The van der Waals surface area contributed by atoms with Gasteiger partial charge in [-0.1, -0.05) is 24.3 Å². The van der Waals surface area contributed by atoms with E-state index in [9.17, 15) is 17.6 Å². The van der Waals surface area contributed by atoms with Crippen LogP contribution in [-0.4, -0.2) is 38.9 Å². The number of fused-ring (bicyclic) bond motifs is 1. The Morgan fingerprint density at radius 3 is 2.18 bits per heavy atom. The summed E-state index contributed by atoms with van der Waals surface area (Å²) in [7, 11) is -1.09. The maximum absolute atomic E-state index is 13.5. The SMILES string of the molecule is COc1cc(NC(=O)[C@H]2Cc3ccccc3CN2S(=O)(=O)c2ccc(F)cc2)cc(OC)c1. The summed E-state index contributed by atoms with van der Waals surface area (Å²) in [5.74, 6) is -0.0754. The normalized spacial score (nSPS) is 16.0. The van der Waals surface area contributed by atoms with Crippen LogP contribution in [0.4, 0.5) is 10.1 Å². The number of nitrogens with one attached hydrogen (secondary N) is 1. The highest BCUT2D eigenvalue weighted by Gasteiger charge is 2.39. The second-order valence-electron chi connectivity index (χ2n) is 7.58. The first-order chi connectivity index (χ1) is 15.8. The average Bonchev–Trinajstić information content (AvgIpc) is 2.83. The number of carbonyl (C=O) groups is 1. The lowest BCUT2D eigenvalue weighted by Gasteiger charge is -2.35. The average molecular weight is 471 g/mol. The first kappa shape index (κ1) is 22.8.